The van der Waals surface area contributed by atoms with Crippen molar-refractivity contribution in [1.82, 2.24) is 5.32 Å². The SMILES string of the molecule is CC[C@H](NC(=O)COc1ccc(C(C)(C)C)cc1)c1ccc(C)cc1. The van der Waals surface area contributed by atoms with E-state index in [-0.39, 0.29) is 24.0 Å². The molecular formula is C22H29NO2. The Morgan fingerprint density at radius 3 is 2.16 bits per heavy atom. The Bertz CT molecular complexity index is 681. The van der Waals surface area contributed by atoms with Crippen LogP contribution in [0, 0.1) is 6.92 Å². The van der Waals surface area contributed by atoms with Gasteiger partial charge in [0.1, 0.15) is 5.75 Å². The smallest absolute Gasteiger partial charge is 0.258 e. The van der Waals surface area contributed by atoms with Gasteiger partial charge >= 0.3 is 0 Å². The van der Waals surface area contributed by atoms with Gasteiger partial charge in [0, 0.05) is 0 Å². The van der Waals surface area contributed by atoms with Crippen LogP contribution in [0.1, 0.15) is 56.8 Å². The van der Waals surface area contributed by atoms with E-state index in [1.807, 2.05) is 24.3 Å². The van der Waals surface area contributed by atoms with E-state index in [9.17, 15) is 4.79 Å². The third-order valence-electron chi connectivity index (χ3n) is 4.31. The number of nitrogens with one attached hydrogen (secondary N) is 1. The maximum Gasteiger partial charge on any atom is 0.258 e. The van der Waals surface area contributed by atoms with Gasteiger partial charge in [0.15, 0.2) is 6.61 Å². The van der Waals surface area contributed by atoms with Crippen molar-refractivity contribution < 1.29 is 9.53 Å². The summed E-state index contributed by atoms with van der Waals surface area (Å²) < 4.78 is 5.62. The Morgan fingerprint density at radius 2 is 1.64 bits per heavy atom. The van der Waals surface area contributed by atoms with E-state index >= 15 is 0 Å². The predicted molar refractivity (Wildman–Crippen MR) is 103 cm³/mol. The average molecular weight is 339 g/mol. The van der Waals surface area contributed by atoms with Crippen molar-refractivity contribution in [3.8, 4) is 5.75 Å². The third-order valence-corrected chi connectivity index (χ3v) is 4.31. The fraction of sp³-hybridized carbons (Fsp3) is 0.409. The lowest BCUT2D eigenvalue weighted by molar-refractivity contribution is -0.123. The van der Waals surface area contributed by atoms with Crippen molar-refractivity contribution in [2.75, 3.05) is 6.61 Å². The molecule has 0 aliphatic rings. The fourth-order valence-corrected chi connectivity index (χ4v) is 2.66. The number of benzene rings is 2. The van der Waals surface area contributed by atoms with Gasteiger partial charge in [-0.1, -0.05) is 69.7 Å². The molecular weight excluding hydrogens is 310 g/mol. The first-order valence-corrected chi connectivity index (χ1v) is 8.89. The highest BCUT2D eigenvalue weighted by Crippen LogP contribution is 2.24. The van der Waals surface area contributed by atoms with Crippen molar-refractivity contribution in [3.05, 3.63) is 65.2 Å². The zero-order chi connectivity index (χ0) is 18.4. The van der Waals surface area contributed by atoms with Crippen molar-refractivity contribution in [1.29, 1.82) is 0 Å². The number of carbonyl (C=O) groups is 1. The van der Waals surface area contributed by atoms with E-state index < -0.39 is 0 Å². The molecule has 0 aromatic heterocycles. The summed E-state index contributed by atoms with van der Waals surface area (Å²) >= 11 is 0. The van der Waals surface area contributed by atoms with Crippen LogP contribution in [0.4, 0.5) is 0 Å². The normalized spacial score (nSPS) is 12.5. The molecule has 1 amide bonds. The minimum absolute atomic E-state index is 0.0139. The van der Waals surface area contributed by atoms with Crippen LogP contribution in [0.5, 0.6) is 5.75 Å². The number of ether oxygens (including phenoxy) is 1. The topological polar surface area (TPSA) is 38.3 Å². The van der Waals surface area contributed by atoms with Crippen LogP contribution >= 0.6 is 0 Å². The van der Waals surface area contributed by atoms with Crippen molar-refractivity contribution in [2.45, 2.75) is 52.5 Å². The average Bonchev–Trinajstić information content (AvgIpc) is 2.58. The van der Waals surface area contributed by atoms with E-state index in [0.717, 1.165) is 12.0 Å². The van der Waals surface area contributed by atoms with Crippen LogP contribution in [0.2, 0.25) is 0 Å². The van der Waals surface area contributed by atoms with Crippen LogP contribution < -0.4 is 10.1 Å². The van der Waals surface area contributed by atoms with Crippen molar-refractivity contribution in [2.24, 2.45) is 0 Å². The van der Waals surface area contributed by atoms with Crippen LogP contribution in [-0.4, -0.2) is 12.5 Å². The number of amides is 1. The minimum Gasteiger partial charge on any atom is -0.484 e. The second-order valence-electron chi connectivity index (χ2n) is 7.50. The molecule has 0 saturated carbocycles. The molecule has 25 heavy (non-hydrogen) atoms. The van der Waals surface area contributed by atoms with Gasteiger partial charge in [0.05, 0.1) is 6.04 Å². The summed E-state index contributed by atoms with van der Waals surface area (Å²) in [7, 11) is 0. The van der Waals surface area contributed by atoms with Crippen molar-refractivity contribution in [3.63, 3.8) is 0 Å². The lowest BCUT2D eigenvalue weighted by atomic mass is 9.87. The maximum absolute atomic E-state index is 12.2. The summed E-state index contributed by atoms with van der Waals surface area (Å²) in [5.74, 6) is 0.610. The molecule has 0 unspecified atom stereocenters. The van der Waals surface area contributed by atoms with Crippen molar-refractivity contribution >= 4 is 5.91 Å². The number of hydrogen-bond donors (Lipinski definition) is 1. The van der Waals surface area contributed by atoms with Gasteiger partial charge in [-0.15, -0.1) is 0 Å². The predicted octanol–water partition coefficient (Wildman–Crippen LogP) is 4.94. The Labute approximate surface area is 151 Å². The van der Waals surface area contributed by atoms with Crippen LogP contribution in [-0.2, 0) is 10.2 Å². The van der Waals surface area contributed by atoms with Crippen LogP contribution in [0.15, 0.2) is 48.5 Å². The molecule has 2 aromatic carbocycles. The molecule has 1 atom stereocenters. The highest BCUT2D eigenvalue weighted by atomic mass is 16.5. The Kier molecular flexibility index (Phi) is 6.24. The second-order valence-corrected chi connectivity index (χ2v) is 7.50. The summed E-state index contributed by atoms with van der Waals surface area (Å²) in [6.45, 7) is 10.7. The Hall–Kier alpha value is -2.29. The first kappa shape index (κ1) is 19.0. The largest absolute Gasteiger partial charge is 0.484 e. The maximum atomic E-state index is 12.2. The van der Waals surface area contributed by atoms with E-state index in [1.54, 1.807) is 0 Å². The van der Waals surface area contributed by atoms with Crippen LogP contribution in [0.3, 0.4) is 0 Å². The molecule has 0 radical (unpaired) electrons. The Morgan fingerprint density at radius 1 is 1.04 bits per heavy atom. The number of hydrogen-bond acceptors (Lipinski definition) is 2. The molecule has 0 fully saturated rings. The van der Waals surface area contributed by atoms with Gasteiger partial charge in [-0.25, -0.2) is 0 Å². The first-order chi connectivity index (χ1) is 11.8. The molecule has 0 aliphatic carbocycles. The molecule has 3 nitrogen and oxygen atoms in total. The molecule has 2 aromatic rings. The molecule has 1 N–H and O–H groups in total. The van der Waals surface area contributed by atoms with Gasteiger partial charge in [-0.05, 0) is 42.0 Å². The van der Waals surface area contributed by atoms with E-state index in [0.29, 0.717) is 5.75 Å². The molecule has 0 aliphatic heterocycles. The van der Waals surface area contributed by atoms with Gasteiger partial charge in [0.2, 0.25) is 0 Å². The zero-order valence-corrected chi connectivity index (χ0v) is 15.9. The summed E-state index contributed by atoms with van der Waals surface area (Å²) in [4.78, 5) is 12.2. The summed E-state index contributed by atoms with van der Waals surface area (Å²) in [6, 6.07) is 16.2. The van der Waals surface area contributed by atoms with Gasteiger partial charge in [-0.3, -0.25) is 4.79 Å². The molecule has 2 rings (SSSR count). The minimum atomic E-state index is -0.104. The quantitative estimate of drug-likeness (QED) is 0.809. The molecule has 0 bridgehead atoms. The lowest BCUT2D eigenvalue weighted by Gasteiger charge is -2.20. The van der Waals surface area contributed by atoms with Gasteiger partial charge in [0.25, 0.3) is 5.91 Å². The summed E-state index contributed by atoms with van der Waals surface area (Å²) in [5, 5.41) is 3.04. The Balaban J connectivity index is 1.90. The van der Waals surface area contributed by atoms with E-state index in [1.165, 1.54) is 11.1 Å². The summed E-state index contributed by atoms with van der Waals surface area (Å²) in [6.07, 6.45) is 0.842. The molecule has 0 spiro atoms. The molecule has 0 heterocycles. The van der Waals surface area contributed by atoms with Crippen LogP contribution in [0.25, 0.3) is 0 Å². The monoisotopic (exact) mass is 339 g/mol. The highest BCUT2D eigenvalue weighted by Gasteiger charge is 2.15. The molecule has 0 saturated heterocycles. The lowest BCUT2D eigenvalue weighted by Crippen LogP contribution is -2.32. The number of rotatable bonds is 6. The number of carbonyl (C=O) groups excluding carboxylic acids is 1. The second kappa shape index (κ2) is 8.19. The molecule has 134 valence electrons. The highest BCUT2D eigenvalue weighted by molar-refractivity contribution is 5.78. The van der Waals surface area contributed by atoms with Gasteiger partial charge in [-0.2, -0.15) is 0 Å². The third kappa shape index (κ3) is 5.63. The standard InChI is InChI=1S/C22H29NO2/c1-6-20(17-9-7-16(2)8-10-17)23-21(24)15-25-19-13-11-18(12-14-19)22(3,4)5/h7-14,20H,6,15H2,1-5H3,(H,23,24)/t20-/m0/s1. The molecule has 3 heteroatoms. The zero-order valence-electron chi connectivity index (χ0n) is 15.9. The number of aryl methyl sites for hydroxylation is 1. The summed E-state index contributed by atoms with van der Waals surface area (Å²) in [5.41, 5.74) is 3.69. The fourth-order valence-electron chi connectivity index (χ4n) is 2.66. The first-order valence-electron chi connectivity index (χ1n) is 8.89. The van der Waals surface area contributed by atoms with E-state index in [2.05, 4.69) is 64.2 Å². The van der Waals surface area contributed by atoms with E-state index in [4.69, 9.17) is 4.74 Å². The van der Waals surface area contributed by atoms with Gasteiger partial charge < -0.3 is 10.1 Å².